The highest BCUT2D eigenvalue weighted by atomic mass is 19.1. The molecule has 3 aliphatic rings. The molecule has 3 aromatic carbocycles. The van der Waals surface area contributed by atoms with Gasteiger partial charge in [-0.05, 0) is 79.5 Å². The second-order valence-corrected chi connectivity index (χ2v) is 11.1. The Labute approximate surface area is 217 Å². The quantitative estimate of drug-likeness (QED) is 0.558. The van der Waals surface area contributed by atoms with Crippen molar-refractivity contribution in [3.05, 3.63) is 77.6 Å². The summed E-state index contributed by atoms with van der Waals surface area (Å²) < 4.78 is 13.7. The van der Waals surface area contributed by atoms with Crippen molar-refractivity contribution in [2.45, 2.75) is 36.9 Å². The van der Waals surface area contributed by atoms with E-state index >= 15 is 0 Å². The van der Waals surface area contributed by atoms with Crippen molar-refractivity contribution in [3.63, 3.8) is 0 Å². The Morgan fingerprint density at radius 3 is 2.46 bits per heavy atom. The number of carbonyl (C=O) groups is 1. The van der Waals surface area contributed by atoms with Gasteiger partial charge in [-0.2, -0.15) is 0 Å². The molecule has 1 amide bonds. The lowest BCUT2D eigenvalue weighted by atomic mass is 9.84. The van der Waals surface area contributed by atoms with Crippen LogP contribution in [0.4, 0.5) is 10.1 Å². The Hall–Kier alpha value is -3.00. The van der Waals surface area contributed by atoms with E-state index in [9.17, 15) is 14.3 Å². The van der Waals surface area contributed by atoms with Gasteiger partial charge in [-0.1, -0.05) is 36.4 Å². The topological polar surface area (TPSA) is 50.3 Å². The molecule has 1 spiro atoms. The van der Waals surface area contributed by atoms with Gasteiger partial charge < -0.3 is 19.8 Å². The van der Waals surface area contributed by atoms with Crippen LogP contribution in [0.1, 0.15) is 30.0 Å². The molecule has 1 aliphatic carbocycles. The molecular formula is C30H35FN4O2. The monoisotopic (exact) mass is 502 g/mol. The van der Waals surface area contributed by atoms with E-state index in [0.29, 0.717) is 38.6 Å². The molecular weight excluding hydrogens is 467 g/mol. The lowest BCUT2D eigenvalue weighted by Gasteiger charge is -2.45. The van der Waals surface area contributed by atoms with Crippen LogP contribution in [0.5, 0.6) is 0 Å². The smallest absolute Gasteiger partial charge is 0.250 e. The Balaban J connectivity index is 1.25. The maximum absolute atomic E-state index is 14.0. The number of anilines is 1. The number of β-amino-alcohol motifs (C(OH)–C–C–N with tert-alkyl or cyclic N) is 1. The standard InChI is InChI=1S/C30H35FN4O2/c1-32(2)18-25(36)19-34-20-35(24-11-9-23(31)10-12-24)30(29(34)37)13-15-33(16-14-30)27-17-22-7-3-5-21-6-4-8-26(27)28(21)22/h3-12,25,27,36H,13-20H2,1-2H3/t25?,27-/m1/s1. The van der Waals surface area contributed by atoms with Gasteiger partial charge in [-0.15, -0.1) is 0 Å². The highest BCUT2D eigenvalue weighted by Gasteiger charge is 2.54. The van der Waals surface area contributed by atoms with Crippen LogP contribution in [0.25, 0.3) is 10.8 Å². The van der Waals surface area contributed by atoms with Gasteiger partial charge in [0.1, 0.15) is 11.4 Å². The summed E-state index contributed by atoms with van der Waals surface area (Å²) in [5.74, 6) is -0.211. The second kappa shape index (κ2) is 9.39. The minimum atomic E-state index is -0.677. The van der Waals surface area contributed by atoms with Crippen LogP contribution in [0.2, 0.25) is 0 Å². The molecule has 0 aromatic heterocycles. The van der Waals surface area contributed by atoms with Gasteiger partial charge in [0.05, 0.1) is 12.8 Å². The minimum Gasteiger partial charge on any atom is -0.390 e. The maximum Gasteiger partial charge on any atom is 0.250 e. The zero-order chi connectivity index (χ0) is 25.7. The van der Waals surface area contributed by atoms with Gasteiger partial charge in [0.25, 0.3) is 0 Å². The fourth-order valence-corrected chi connectivity index (χ4v) is 6.84. The second-order valence-electron chi connectivity index (χ2n) is 11.1. The molecule has 2 heterocycles. The largest absolute Gasteiger partial charge is 0.390 e. The molecule has 7 heteroatoms. The summed E-state index contributed by atoms with van der Waals surface area (Å²) in [6.45, 7) is 2.82. The van der Waals surface area contributed by atoms with Crippen molar-refractivity contribution < 1.29 is 14.3 Å². The van der Waals surface area contributed by atoms with Crippen LogP contribution >= 0.6 is 0 Å². The van der Waals surface area contributed by atoms with Crippen LogP contribution in [-0.4, -0.2) is 84.3 Å². The van der Waals surface area contributed by atoms with Crippen molar-refractivity contribution in [1.82, 2.24) is 14.7 Å². The predicted molar refractivity (Wildman–Crippen MR) is 144 cm³/mol. The predicted octanol–water partition coefficient (Wildman–Crippen LogP) is 3.64. The molecule has 2 atom stereocenters. The molecule has 0 bridgehead atoms. The number of aliphatic hydroxyl groups is 1. The molecule has 0 saturated carbocycles. The SMILES string of the molecule is CN(C)CC(O)CN1CN(c2ccc(F)cc2)C2(CCN([C@@H]3Cc4cccc5cccc3c45)CC2)C1=O. The van der Waals surface area contributed by atoms with Crippen molar-refractivity contribution >= 4 is 22.4 Å². The number of amides is 1. The molecule has 3 aromatic rings. The minimum absolute atomic E-state index is 0.0751. The van der Waals surface area contributed by atoms with Gasteiger partial charge in [-0.3, -0.25) is 9.69 Å². The van der Waals surface area contributed by atoms with E-state index < -0.39 is 11.6 Å². The van der Waals surface area contributed by atoms with Gasteiger partial charge >= 0.3 is 0 Å². The van der Waals surface area contributed by atoms with Crippen LogP contribution in [0.3, 0.4) is 0 Å². The number of hydrogen-bond acceptors (Lipinski definition) is 5. The number of rotatable bonds is 6. The zero-order valence-electron chi connectivity index (χ0n) is 21.6. The first-order valence-electron chi connectivity index (χ1n) is 13.3. The summed E-state index contributed by atoms with van der Waals surface area (Å²) in [5.41, 5.74) is 2.98. The highest BCUT2D eigenvalue weighted by molar-refractivity contribution is 5.94. The third-order valence-corrected chi connectivity index (χ3v) is 8.52. The van der Waals surface area contributed by atoms with Crippen molar-refractivity contribution in [3.8, 4) is 0 Å². The molecule has 194 valence electrons. The van der Waals surface area contributed by atoms with Gasteiger partial charge in [0, 0.05) is 37.9 Å². The molecule has 37 heavy (non-hydrogen) atoms. The molecule has 2 aliphatic heterocycles. The number of benzene rings is 3. The molecule has 6 rings (SSSR count). The first-order valence-corrected chi connectivity index (χ1v) is 13.3. The van der Waals surface area contributed by atoms with Gasteiger partial charge in [0.15, 0.2) is 0 Å². The molecule has 2 fully saturated rings. The lowest BCUT2D eigenvalue weighted by molar-refractivity contribution is -0.135. The summed E-state index contributed by atoms with van der Waals surface area (Å²) in [4.78, 5) is 22.4. The summed E-state index contributed by atoms with van der Waals surface area (Å²) >= 11 is 0. The van der Waals surface area contributed by atoms with E-state index in [1.165, 1.54) is 34.0 Å². The average molecular weight is 503 g/mol. The average Bonchev–Trinajstić information content (AvgIpc) is 3.38. The number of nitrogens with zero attached hydrogens (tertiary/aromatic N) is 4. The summed E-state index contributed by atoms with van der Waals surface area (Å²) in [6.07, 6.45) is 1.78. The first kappa shape index (κ1) is 24.3. The number of likely N-dealkylation sites (tertiary alicyclic amines) is 1. The van der Waals surface area contributed by atoms with Crippen LogP contribution in [0, 0.1) is 5.82 Å². The molecule has 6 nitrogen and oxygen atoms in total. The molecule has 1 N–H and O–H groups in total. The number of piperidine rings is 1. The van der Waals surface area contributed by atoms with Crippen molar-refractivity contribution in [2.24, 2.45) is 0 Å². The highest BCUT2D eigenvalue weighted by Crippen LogP contribution is 2.45. The van der Waals surface area contributed by atoms with E-state index in [-0.39, 0.29) is 11.7 Å². The fraction of sp³-hybridized carbons (Fsp3) is 0.433. The van der Waals surface area contributed by atoms with E-state index in [1.807, 2.05) is 19.0 Å². The van der Waals surface area contributed by atoms with Gasteiger partial charge in [-0.25, -0.2) is 4.39 Å². The summed E-state index contributed by atoms with van der Waals surface area (Å²) in [7, 11) is 3.83. The summed E-state index contributed by atoms with van der Waals surface area (Å²) in [6, 6.07) is 20.0. The number of halogens is 1. The van der Waals surface area contributed by atoms with E-state index in [0.717, 1.165) is 25.2 Å². The van der Waals surface area contributed by atoms with E-state index in [4.69, 9.17) is 0 Å². The van der Waals surface area contributed by atoms with Crippen molar-refractivity contribution in [2.75, 3.05) is 51.8 Å². The molecule has 0 radical (unpaired) electrons. The summed E-state index contributed by atoms with van der Waals surface area (Å²) in [5, 5.41) is 13.3. The Bertz CT molecular complexity index is 1300. The number of carbonyl (C=O) groups excluding carboxylic acids is 1. The molecule has 1 unspecified atom stereocenters. The van der Waals surface area contributed by atoms with Crippen LogP contribution in [-0.2, 0) is 11.2 Å². The Kier molecular flexibility index (Phi) is 6.18. The van der Waals surface area contributed by atoms with Crippen LogP contribution < -0.4 is 4.90 Å². The normalized spacial score (nSPS) is 22.1. The number of hydrogen-bond donors (Lipinski definition) is 1. The zero-order valence-corrected chi connectivity index (χ0v) is 21.6. The molecule has 2 saturated heterocycles. The van der Waals surface area contributed by atoms with E-state index in [1.54, 1.807) is 17.0 Å². The van der Waals surface area contributed by atoms with E-state index in [2.05, 4.69) is 46.2 Å². The number of aliphatic hydroxyl groups excluding tert-OH is 1. The Morgan fingerprint density at radius 2 is 1.76 bits per heavy atom. The van der Waals surface area contributed by atoms with Gasteiger partial charge in [0.2, 0.25) is 5.91 Å². The fourth-order valence-electron chi connectivity index (χ4n) is 6.84. The van der Waals surface area contributed by atoms with Crippen molar-refractivity contribution in [1.29, 1.82) is 0 Å². The third kappa shape index (κ3) is 4.19. The van der Waals surface area contributed by atoms with Crippen LogP contribution in [0.15, 0.2) is 60.7 Å². The third-order valence-electron chi connectivity index (χ3n) is 8.52. The first-order chi connectivity index (χ1) is 17.9. The Morgan fingerprint density at radius 1 is 1.05 bits per heavy atom. The maximum atomic E-state index is 14.0. The number of likely N-dealkylation sites (N-methyl/N-ethyl adjacent to an activating group) is 1. The lowest BCUT2D eigenvalue weighted by Crippen LogP contribution is -2.57.